The van der Waals surface area contributed by atoms with Gasteiger partial charge in [0.15, 0.2) is 0 Å². The molecule has 0 N–H and O–H groups in total. The molecule has 15 heavy (non-hydrogen) atoms. The van der Waals surface area contributed by atoms with Crippen LogP contribution in [0.5, 0.6) is 0 Å². The Hall–Kier alpha value is 1.15. The Morgan fingerprint density at radius 1 is 1.53 bits per heavy atom. The van der Waals surface area contributed by atoms with Gasteiger partial charge in [-0.15, -0.1) is 0 Å². The van der Waals surface area contributed by atoms with Crippen molar-refractivity contribution in [1.29, 1.82) is 0 Å². The zero-order chi connectivity index (χ0) is 9.84. The van der Waals surface area contributed by atoms with Crippen molar-refractivity contribution in [3.63, 3.8) is 0 Å². The van der Waals surface area contributed by atoms with Crippen molar-refractivity contribution in [1.82, 2.24) is 9.78 Å². The van der Waals surface area contributed by atoms with Gasteiger partial charge < -0.3 is 14.8 Å². The van der Waals surface area contributed by atoms with Gasteiger partial charge in [0.1, 0.15) is 6.23 Å². The third kappa shape index (κ3) is 5.86. The van der Waals surface area contributed by atoms with E-state index in [-0.39, 0.29) is 70.8 Å². The van der Waals surface area contributed by atoms with Gasteiger partial charge in [-0.2, -0.15) is 5.10 Å². The summed E-state index contributed by atoms with van der Waals surface area (Å²) < 4.78 is 6.68. The molecule has 8 heteroatoms. The minimum Gasteiger partial charge on any atom is -0.889 e. The second kappa shape index (κ2) is 9.21. The van der Waals surface area contributed by atoms with Crippen LogP contribution in [0.1, 0.15) is 20.1 Å². The molecular formula is C7H11BN2Na2O3. The number of hydrogen-bond acceptors (Lipinski definition) is 4. The van der Waals surface area contributed by atoms with Gasteiger partial charge in [0.2, 0.25) is 0 Å². The number of aromatic nitrogens is 2. The Labute approximate surface area is 134 Å². The van der Waals surface area contributed by atoms with E-state index < -0.39 is 7.12 Å². The van der Waals surface area contributed by atoms with E-state index in [2.05, 4.69) is 5.10 Å². The molecule has 1 rings (SSSR count). The Morgan fingerprint density at radius 3 is 2.53 bits per heavy atom. The summed E-state index contributed by atoms with van der Waals surface area (Å²) in [4.78, 5) is 0. The van der Waals surface area contributed by atoms with Gasteiger partial charge >= 0.3 is 59.1 Å². The minimum absolute atomic E-state index is 0. The number of ether oxygens (including phenoxy) is 1. The van der Waals surface area contributed by atoms with Crippen molar-refractivity contribution in [3.05, 3.63) is 12.4 Å². The topological polar surface area (TPSA) is 73.2 Å². The molecule has 5 nitrogen and oxygen atoms in total. The summed E-state index contributed by atoms with van der Waals surface area (Å²) in [5.74, 6) is 0. The maximum atomic E-state index is 10.5. The first-order valence-corrected chi connectivity index (χ1v) is 4.12. The zero-order valence-electron chi connectivity index (χ0n) is 9.64. The molecule has 72 valence electrons. The quantitative estimate of drug-likeness (QED) is 0.480. The maximum Gasteiger partial charge on any atom is 1.00 e. The fourth-order valence-corrected chi connectivity index (χ4v) is 0.991. The van der Waals surface area contributed by atoms with Crippen molar-refractivity contribution in [2.45, 2.75) is 20.1 Å². The normalized spacial score (nSPS) is 11.2. The van der Waals surface area contributed by atoms with Crippen LogP contribution in [0.2, 0.25) is 0 Å². The average molecular weight is 228 g/mol. The molecule has 0 bridgehead atoms. The second-order valence-electron chi connectivity index (χ2n) is 2.64. The molecule has 0 aliphatic rings. The van der Waals surface area contributed by atoms with Crippen molar-refractivity contribution in [2.75, 3.05) is 6.61 Å². The van der Waals surface area contributed by atoms with Crippen LogP contribution >= 0.6 is 0 Å². The van der Waals surface area contributed by atoms with E-state index in [0.29, 0.717) is 6.61 Å². The van der Waals surface area contributed by atoms with E-state index in [1.807, 2.05) is 6.92 Å². The van der Waals surface area contributed by atoms with Crippen molar-refractivity contribution >= 4 is 12.6 Å². The molecule has 0 aliphatic heterocycles. The molecule has 1 aromatic heterocycles. The SMILES string of the molecule is CCOC(C)n1cc(B([O-])[O-])cn1.[Na+].[Na+]. The largest absolute Gasteiger partial charge is 1.00 e. The molecule has 1 heterocycles. The molecule has 0 saturated heterocycles. The van der Waals surface area contributed by atoms with Gasteiger partial charge in [-0.1, -0.05) is 12.6 Å². The third-order valence-electron chi connectivity index (χ3n) is 1.67. The summed E-state index contributed by atoms with van der Waals surface area (Å²) in [7, 11) is -1.97. The van der Waals surface area contributed by atoms with E-state index in [1.54, 1.807) is 6.92 Å². The second-order valence-corrected chi connectivity index (χ2v) is 2.64. The van der Waals surface area contributed by atoms with E-state index in [9.17, 15) is 10.0 Å². The molecule has 1 atom stereocenters. The van der Waals surface area contributed by atoms with Crippen LogP contribution in [0.4, 0.5) is 0 Å². The molecule has 0 radical (unpaired) electrons. The number of hydrogen-bond donors (Lipinski definition) is 0. The van der Waals surface area contributed by atoms with Crippen LogP contribution in [0, 0.1) is 0 Å². The van der Waals surface area contributed by atoms with Gasteiger partial charge in [-0.3, -0.25) is 0 Å². The fourth-order valence-electron chi connectivity index (χ4n) is 0.991. The van der Waals surface area contributed by atoms with Gasteiger partial charge in [0.25, 0.3) is 0 Å². The Bertz CT molecular complexity index is 272. The van der Waals surface area contributed by atoms with E-state index in [1.165, 1.54) is 17.1 Å². The zero-order valence-corrected chi connectivity index (χ0v) is 13.6. The molecule has 1 aromatic rings. The van der Waals surface area contributed by atoms with Crippen molar-refractivity contribution in [2.24, 2.45) is 0 Å². The van der Waals surface area contributed by atoms with Crippen LogP contribution in [0.3, 0.4) is 0 Å². The number of nitrogens with zero attached hydrogens (tertiary/aromatic N) is 2. The van der Waals surface area contributed by atoms with Crippen LogP contribution in [0.15, 0.2) is 12.4 Å². The summed E-state index contributed by atoms with van der Waals surface area (Å²) in [6.45, 7) is 4.23. The van der Waals surface area contributed by atoms with Crippen LogP contribution < -0.4 is 74.6 Å². The minimum atomic E-state index is -1.97. The van der Waals surface area contributed by atoms with Crippen molar-refractivity contribution < 1.29 is 73.9 Å². The van der Waals surface area contributed by atoms with Crippen LogP contribution in [-0.2, 0) is 4.74 Å². The molecule has 0 spiro atoms. The molecule has 0 aromatic carbocycles. The predicted molar refractivity (Wildman–Crippen MR) is 44.0 cm³/mol. The maximum absolute atomic E-state index is 10.5. The summed E-state index contributed by atoms with van der Waals surface area (Å²) >= 11 is 0. The van der Waals surface area contributed by atoms with Gasteiger partial charge in [0, 0.05) is 19.0 Å². The molecule has 1 unspecified atom stereocenters. The Morgan fingerprint density at radius 2 is 2.13 bits per heavy atom. The Balaban J connectivity index is 0. The molecule has 0 aliphatic carbocycles. The summed E-state index contributed by atoms with van der Waals surface area (Å²) in [6, 6.07) is 0. The van der Waals surface area contributed by atoms with Gasteiger partial charge in [0.05, 0.1) is 0 Å². The Kier molecular flexibility index (Phi) is 11.4. The molecule has 0 amide bonds. The van der Waals surface area contributed by atoms with Crippen LogP contribution in [-0.4, -0.2) is 23.5 Å². The molecular weight excluding hydrogens is 217 g/mol. The summed E-state index contributed by atoms with van der Waals surface area (Å²) in [5.41, 5.74) is 0.145. The van der Waals surface area contributed by atoms with E-state index in [4.69, 9.17) is 4.74 Å². The smallest absolute Gasteiger partial charge is 0.889 e. The first-order valence-electron chi connectivity index (χ1n) is 4.12. The fraction of sp³-hybridized carbons (Fsp3) is 0.571. The monoisotopic (exact) mass is 228 g/mol. The number of rotatable bonds is 4. The standard InChI is InChI=1S/C7H11BN2O3.2Na/c1-3-13-6(2)10-5-7(4-9-10)8(11)12;;/h4-6H,3H2,1-2H3;;/q-2;2*+1. The van der Waals surface area contributed by atoms with Crippen LogP contribution in [0.25, 0.3) is 0 Å². The first kappa shape index (κ1) is 18.5. The van der Waals surface area contributed by atoms with E-state index in [0.717, 1.165) is 0 Å². The summed E-state index contributed by atoms with van der Waals surface area (Å²) in [6.07, 6.45) is 2.46. The third-order valence-corrected chi connectivity index (χ3v) is 1.67. The molecule has 0 fully saturated rings. The first-order chi connectivity index (χ1) is 6.15. The van der Waals surface area contributed by atoms with Gasteiger partial charge in [-0.25, -0.2) is 4.68 Å². The summed E-state index contributed by atoms with van der Waals surface area (Å²) in [5, 5.41) is 24.8. The molecule has 0 saturated carbocycles. The predicted octanol–water partition coefficient (Wildman–Crippen LogP) is -8.14. The van der Waals surface area contributed by atoms with Gasteiger partial charge in [-0.05, 0) is 13.8 Å². The average Bonchev–Trinajstić information content (AvgIpc) is 2.52. The van der Waals surface area contributed by atoms with E-state index >= 15 is 0 Å². The van der Waals surface area contributed by atoms with Crippen molar-refractivity contribution in [3.8, 4) is 0 Å².